The normalized spacial score (nSPS) is 20.4. The number of fused-ring (bicyclic) bond motifs is 1. The van der Waals surface area contributed by atoms with Crippen LogP contribution in [-0.2, 0) is 35.4 Å². The van der Waals surface area contributed by atoms with Gasteiger partial charge in [0.25, 0.3) is 0 Å². The number of nitrogens with zero attached hydrogens (tertiary/aromatic N) is 1. The molecular weight excluding hydrogens is 684 g/mol. The molecule has 47 heavy (non-hydrogen) atoms. The summed E-state index contributed by atoms with van der Waals surface area (Å²) in [6, 6.07) is 21.0. The maximum atomic E-state index is 14.5. The Labute approximate surface area is 287 Å². The standard InChI is InChI=1S/C36H47BrN2O7S/c1-26-5-12-31(13-6-26)47(40,41)36(29-11-14-33-32(21-29)39(16-18-45-33)15-4-17-42-2)46-34-24-38-23-30(22-37)35(34)28-9-7-27(8-10-28)25-44-20-19-43-3/h5-14,21,30,34-36,38H,4,15-20,22-25H2,1-3H3/t30-,34+,35+,36?/m1/s1. The van der Waals surface area contributed by atoms with Gasteiger partial charge in [-0.2, -0.15) is 0 Å². The fourth-order valence-corrected chi connectivity index (χ4v) is 8.50. The van der Waals surface area contributed by atoms with Crippen molar-refractivity contribution in [2.75, 3.05) is 77.1 Å². The van der Waals surface area contributed by atoms with E-state index < -0.39 is 21.4 Å². The van der Waals surface area contributed by atoms with Crippen molar-refractivity contribution >= 4 is 31.5 Å². The first kappa shape index (κ1) is 35.8. The van der Waals surface area contributed by atoms with Crippen LogP contribution in [0, 0.1) is 12.8 Å². The second-order valence-electron chi connectivity index (χ2n) is 12.2. The SMILES string of the molecule is COCCCN1CCOc2ccc(C(O[C@H]3CNC[C@@H](CBr)[C@@H]3c3ccc(COCCOC)cc3)S(=O)(=O)c3ccc(C)cc3)cc21. The lowest BCUT2D eigenvalue weighted by molar-refractivity contribution is -0.0112. The Morgan fingerprint density at radius 1 is 0.979 bits per heavy atom. The van der Waals surface area contributed by atoms with Gasteiger partial charge in [-0.05, 0) is 66.8 Å². The fraction of sp³-hybridized carbons (Fsp3) is 0.500. The maximum absolute atomic E-state index is 14.5. The number of hydrogen-bond acceptors (Lipinski definition) is 9. The summed E-state index contributed by atoms with van der Waals surface area (Å²) in [5, 5.41) is 4.25. The van der Waals surface area contributed by atoms with E-state index >= 15 is 0 Å². The van der Waals surface area contributed by atoms with Gasteiger partial charge < -0.3 is 33.9 Å². The molecule has 11 heteroatoms. The van der Waals surface area contributed by atoms with Gasteiger partial charge in [-0.3, -0.25) is 0 Å². The van der Waals surface area contributed by atoms with Crippen LogP contribution < -0.4 is 15.0 Å². The van der Waals surface area contributed by atoms with Gasteiger partial charge in [-0.25, -0.2) is 8.42 Å². The Kier molecular flexibility index (Phi) is 13.1. The molecule has 9 nitrogen and oxygen atoms in total. The predicted octanol–water partition coefficient (Wildman–Crippen LogP) is 5.65. The second-order valence-corrected chi connectivity index (χ2v) is 14.8. The van der Waals surface area contributed by atoms with E-state index in [2.05, 4.69) is 50.4 Å². The average molecular weight is 732 g/mol. The molecule has 0 aliphatic carbocycles. The van der Waals surface area contributed by atoms with E-state index in [0.29, 0.717) is 51.7 Å². The van der Waals surface area contributed by atoms with Crippen LogP contribution in [0.5, 0.6) is 5.75 Å². The maximum Gasteiger partial charge on any atom is 0.209 e. The van der Waals surface area contributed by atoms with E-state index in [1.165, 1.54) is 0 Å². The van der Waals surface area contributed by atoms with Crippen LogP contribution in [0.4, 0.5) is 5.69 Å². The Bertz CT molecular complexity index is 1520. The highest BCUT2D eigenvalue weighted by Gasteiger charge is 2.40. The third kappa shape index (κ3) is 8.94. The zero-order valence-electron chi connectivity index (χ0n) is 27.5. The zero-order valence-corrected chi connectivity index (χ0v) is 29.9. The van der Waals surface area contributed by atoms with Crippen LogP contribution in [-0.4, -0.2) is 86.7 Å². The van der Waals surface area contributed by atoms with E-state index in [1.54, 1.807) is 26.4 Å². The first-order chi connectivity index (χ1) is 22.8. The van der Waals surface area contributed by atoms with E-state index in [1.807, 2.05) is 37.3 Å². The molecule has 1 N–H and O–H groups in total. The van der Waals surface area contributed by atoms with Gasteiger partial charge in [-0.1, -0.05) is 64.0 Å². The summed E-state index contributed by atoms with van der Waals surface area (Å²) in [5.74, 6) is 0.890. The van der Waals surface area contributed by atoms with Crippen LogP contribution in [0.25, 0.3) is 0 Å². The third-order valence-electron chi connectivity index (χ3n) is 8.84. The number of nitrogens with one attached hydrogen (secondary N) is 1. The smallest absolute Gasteiger partial charge is 0.209 e. The molecular formula is C36H47BrN2O7S. The van der Waals surface area contributed by atoms with Gasteiger partial charge in [0, 0.05) is 45.2 Å². The van der Waals surface area contributed by atoms with Crippen LogP contribution in [0.3, 0.4) is 0 Å². The van der Waals surface area contributed by atoms with E-state index in [-0.39, 0.29) is 16.7 Å². The molecule has 1 unspecified atom stereocenters. The van der Waals surface area contributed by atoms with Crippen LogP contribution in [0.1, 0.15) is 40.0 Å². The molecule has 0 saturated carbocycles. The molecule has 3 aromatic carbocycles. The molecule has 5 rings (SSSR count). The van der Waals surface area contributed by atoms with E-state index in [4.69, 9.17) is 23.7 Å². The molecule has 2 heterocycles. The second kappa shape index (κ2) is 17.2. The number of rotatable bonds is 16. The molecule has 4 atom stereocenters. The number of aryl methyl sites for hydroxylation is 1. The number of hydrogen-bond donors (Lipinski definition) is 1. The predicted molar refractivity (Wildman–Crippen MR) is 187 cm³/mol. The molecule has 3 aromatic rings. The number of piperidine rings is 1. The molecule has 0 amide bonds. The quantitative estimate of drug-likeness (QED) is 0.148. The Hall–Kier alpha value is -2.51. The van der Waals surface area contributed by atoms with Gasteiger partial charge in [0.15, 0.2) is 5.44 Å². The highest BCUT2D eigenvalue weighted by molar-refractivity contribution is 9.09. The lowest BCUT2D eigenvalue weighted by atomic mass is 9.80. The molecule has 2 aliphatic rings. The molecule has 0 radical (unpaired) electrons. The van der Waals surface area contributed by atoms with Gasteiger partial charge in [0.05, 0.1) is 43.1 Å². The lowest BCUT2D eigenvalue weighted by Gasteiger charge is -2.40. The zero-order chi connectivity index (χ0) is 33.2. The monoisotopic (exact) mass is 730 g/mol. The number of ether oxygens (including phenoxy) is 5. The Balaban J connectivity index is 1.49. The van der Waals surface area contributed by atoms with Crippen molar-refractivity contribution in [1.29, 1.82) is 0 Å². The van der Waals surface area contributed by atoms with Crippen LogP contribution >= 0.6 is 15.9 Å². The lowest BCUT2D eigenvalue weighted by Crippen LogP contribution is -2.48. The van der Waals surface area contributed by atoms with Crippen molar-refractivity contribution in [2.45, 2.75) is 42.3 Å². The summed E-state index contributed by atoms with van der Waals surface area (Å²) in [4.78, 5) is 2.47. The summed E-state index contributed by atoms with van der Waals surface area (Å²) in [6.45, 7) is 7.55. The van der Waals surface area contributed by atoms with Gasteiger partial charge in [0.2, 0.25) is 9.84 Å². The van der Waals surface area contributed by atoms with Crippen molar-refractivity contribution in [1.82, 2.24) is 5.32 Å². The first-order valence-electron chi connectivity index (χ1n) is 16.2. The summed E-state index contributed by atoms with van der Waals surface area (Å²) >= 11 is 3.73. The number of anilines is 1. The number of sulfone groups is 1. The highest BCUT2D eigenvalue weighted by Crippen LogP contribution is 2.42. The van der Waals surface area contributed by atoms with Gasteiger partial charge >= 0.3 is 0 Å². The van der Waals surface area contributed by atoms with Gasteiger partial charge in [-0.15, -0.1) is 0 Å². The minimum atomic E-state index is -3.95. The Morgan fingerprint density at radius 2 is 1.74 bits per heavy atom. The van der Waals surface area contributed by atoms with Crippen molar-refractivity contribution in [2.24, 2.45) is 5.92 Å². The summed E-state index contributed by atoms with van der Waals surface area (Å²) in [5.41, 5.74) is 3.39. The third-order valence-corrected chi connectivity index (χ3v) is 11.6. The topological polar surface area (TPSA) is 95.6 Å². The summed E-state index contributed by atoms with van der Waals surface area (Å²) in [7, 11) is -0.598. The number of methoxy groups -OCH3 is 2. The molecule has 256 valence electrons. The van der Waals surface area contributed by atoms with Crippen molar-refractivity contribution in [3.63, 3.8) is 0 Å². The molecule has 1 saturated heterocycles. The molecule has 0 bridgehead atoms. The van der Waals surface area contributed by atoms with Crippen molar-refractivity contribution < 1.29 is 32.1 Å². The number of alkyl halides is 1. The molecule has 0 spiro atoms. The summed E-state index contributed by atoms with van der Waals surface area (Å²) in [6.07, 6.45) is 0.439. The largest absolute Gasteiger partial charge is 0.490 e. The highest BCUT2D eigenvalue weighted by atomic mass is 79.9. The van der Waals surface area contributed by atoms with Crippen molar-refractivity contribution in [3.8, 4) is 5.75 Å². The minimum absolute atomic E-state index is 0.0405. The van der Waals surface area contributed by atoms with Gasteiger partial charge in [0.1, 0.15) is 12.4 Å². The number of benzene rings is 3. The first-order valence-corrected chi connectivity index (χ1v) is 18.9. The molecule has 2 aliphatic heterocycles. The molecule has 1 fully saturated rings. The minimum Gasteiger partial charge on any atom is -0.490 e. The van der Waals surface area contributed by atoms with Crippen molar-refractivity contribution in [3.05, 3.63) is 89.0 Å². The average Bonchev–Trinajstić information content (AvgIpc) is 3.09. The number of halogens is 1. The Morgan fingerprint density at radius 3 is 2.47 bits per heavy atom. The van der Waals surface area contributed by atoms with Crippen LogP contribution in [0.2, 0.25) is 0 Å². The molecule has 0 aromatic heterocycles. The van der Waals surface area contributed by atoms with E-state index in [0.717, 1.165) is 53.0 Å². The summed E-state index contributed by atoms with van der Waals surface area (Å²) < 4.78 is 58.0. The van der Waals surface area contributed by atoms with Crippen LogP contribution in [0.15, 0.2) is 71.6 Å². The van der Waals surface area contributed by atoms with E-state index in [9.17, 15) is 8.42 Å². The fourth-order valence-electron chi connectivity index (χ4n) is 6.32.